The molecule has 0 bridgehead atoms. The Balaban J connectivity index is 1.63. The van der Waals surface area contributed by atoms with Gasteiger partial charge < -0.3 is 19.4 Å². The Hall–Kier alpha value is -2.93. The number of hydrogen-bond acceptors (Lipinski definition) is 4. The molecule has 1 aromatic carbocycles. The normalized spacial score (nSPS) is 15.7. The van der Waals surface area contributed by atoms with Crippen LogP contribution in [0.5, 0.6) is 0 Å². The number of aromatic amines is 1. The summed E-state index contributed by atoms with van der Waals surface area (Å²) in [6, 6.07) is 6.01. The minimum atomic E-state index is -0.289. The Labute approximate surface area is 175 Å². The summed E-state index contributed by atoms with van der Waals surface area (Å²) in [5.41, 5.74) is 4.99. The Morgan fingerprint density at radius 3 is 2.60 bits per heavy atom. The third kappa shape index (κ3) is 3.04. The molecule has 0 atom stereocenters. The largest absolute Gasteiger partial charge is 0.368 e. The summed E-state index contributed by atoms with van der Waals surface area (Å²) in [7, 11) is 2.15. The number of nitrogens with one attached hydrogen (secondary N) is 1. The number of benzene rings is 1. The van der Waals surface area contributed by atoms with Crippen LogP contribution in [0.2, 0.25) is 0 Å². The van der Waals surface area contributed by atoms with E-state index < -0.39 is 0 Å². The molecule has 1 fully saturated rings. The van der Waals surface area contributed by atoms with Crippen molar-refractivity contribution >= 4 is 27.8 Å². The first-order valence-electron chi connectivity index (χ1n) is 10.5. The fraction of sp³-hybridized carbons (Fsp3) is 0.391. The highest BCUT2D eigenvalue weighted by Gasteiger charge is 2.19. The van der Waals surface area contributed by atoms with Crippen molar-refractivity contribution in [3.05, 3.63) is 42.2 Å². The van der Waals surface area contributed by atoms with Gasteiger partial charge in [0.15, 0.2) is 5.82 Å². The van der Waals surface area contributed by atoms with Crippen LogP contribution in [0.15, 0.2) is 30.6 Å². The van der Waals surface area contributed by atoms with E-state index in [1.165, 1.54) is 0 Å². The number of hydrogen-bond donors (Lipinski definition) is 1. The lowest BCUT2D eigenvalue weighted by atomic mass is 10.0. The molecule has 0 aliphatic carbocycles. The second kappa shape index (κ2) is 7.09. The molecule has 0 spiro atoms. The predicted octanol–water partition coefficient (Wildman–Crippen LogP) is 4.36. The summed E-state index contributed by atoms with van der Waals surface area (Å²) >= 11 is 0. The van der Waals surface area contributed by atoms with Gasteiger partial charge in [-0.2, -0.15) is 0 Å². The zero-order chi connectivity index (χ0) is 21.0. The van der Waals surface area contributed by atoms with Crippen LogP contribution in [-0.4, -0.2) is 57.6 Å². The van der Waals surface area contributed by atoms with Crippen LogP contribution in [0.1, 0.15) is 25.7 Å². The number of H-pyrrole nitrogens is 1. The number of imidazole rings is 1. The summed E-state index contributed by atoms with van der Waals surface area (Å²) in [5, 5.41) is 1.01. The number of aryl methyl sites for hydroxylation is 1. The maximum atomic E-state index is 15.0. The molecule has 5 rings (SSSR count). The van der Waals surface area contributed by atoms with Crippen molar-refractivity contribution in [2.75, 3.05) is 38.1 Å². The molecule has 7 heteroatoms. The molecule has 4 aromatic rings. The zero-order valence-corrected chi connectivity index (χ0v) is 17.9. The first-order chi connectivity index (χ1) is 14.4. The van der Waals surface area contributed by atoms with Crippen LogP contribution in [0, 0.1) is 12.7 Å². The summed E-state index contributed by atoms with van der Waals surface area (Å²) in [5.74, 6) is 0.538. The number of pyridine rings is 1. The number of aromatic nitrogens is 4. The van der Waals surface area contributed by atoms with Crippen molar-refractivity contribution in [1.29, 1.82) is 0 Å². The van der Waals surface area contributed by atoms with Crippen LogP contribution in [-0.2, 0) is 0 Å². The zero-order valence-electron chi connectivity index (χ0n) is 17.9. The van der Waals surface area contributed by atoms with Gasteiger partial charge in [-0.1, -0.05) is 0 Å². The molecular formula is C23H27FN6. The minimum absolute atomic E-state index is 0.207. The van der Waals surface area contributed by atoms with Gasteiger partial charge in [0.25, 0.3) is 0 Å². The number of piperazine rings is 1. The van der Waals surface area contributed by atoms with E-state index in [0.717, 1.165) is 65.4 Å². The van der Waals surface area contributed by atoms with E-state index in [2.05, 4.69) is 56.3 Å². The van der Waals surface area contributed by atoms with Gasteiger partial charge >= 0.3 is 0 Å². The van der Waals surface area contributed by atoms with Crippen LogP contribution in [0.4, 0.5) is 10.1 Å². The molecule has 1 saturated heterocycles. The molecule has 1 N–H and O–H groups in total. The summed E-state index contributed by atoms with van der Waals surface area (Å²) in [6.45, 7) is 10.2. The van der Waals surface area contributed by atoms with Gasteiger partial charge in [-0.3, -0.25) is 0 Å². The molecule has 156 valence electrons. The first kappa shape index (κ1) is 19.1. The van der Waals surface area contributed by atoms with Crippen molar-refractivity contribution in [1.82, 2.24) is 24.4 Å². The quantitative estimate of drug-likeness (QED) is 0.549. The van der Waals surface area contributed by atoms with Crippen molar-refractivity contribution in [3.63, 3.8) is 0 Å². The molecule has 3 aromatic heterocycles. The van der Waals surface area contributed by atoms with Crippen LogP contribution in [0.3, 0.4) is 0 Å². The van der Waals surface area contributed by atoms with Gasteiger partial charge in [-0.15, -0.1) is 0 Å². The molecule has 4 heterocycles. The number of fused-ring (bicyclic) bond motifs is 2. The third-order valence-electron chi connectivity index (χ3n) is 6.14. The maximum absolute atomic E-state index is 15.0. The van der Waals surface area contributed by atoms with E-state index in [1.54, 1.807) is 6.07 Å². The van der Waals surface area contributed by atoms with Crippen molar-refractivity contribution in [2.45, 2.75) is 26.8 Å². The van der Waals surface area contributed by atoms with Gasteiger partial charge in [0.1, 0.15) is 17.0 Å². The molecule has 6 nitrogen and oxygen atoms in total. The molecule has 1 aliphatic rings. The molecule has 0 saturated carbocycles. The summed E-state index contributed by atoms with van der Waals surface area (Å²) in [6.07, 6.45) is 3.85. The van der Waals surface area contributed by atoms with Gasteiger partial charge in [0.2, 0.25) is 0 Å². The lowest BCUT2D eigenvalue weighted by Gasteiger charge is -2.33. The standard InChI is InChI=1S/C23H27FN6/c1-14(2)30-15(3)27-22-20(24)9-16(10-21(22)30)19-13-26-23-18(19)11-17(12-25-23)29-7-5-28(4)6-8-29/h9-14H,5-8H2,1-4H3,(H,25,26). The lowest BCUT2D eigenvalue weighted by molar-refractivity contribution is 0.313. The van der Waals surface area contributed by atoms with E-state index in [0.29, 0.717) is 5.52 Å². The fourth-order valence-electron chi connectivity index (χ4n) is 4.54. The smallest absolute Gasteiger partial charge is 0.151 e. The highest BCUT2D eigenvalue weighted by atomic mass is 19.1. The molecule has 0 radical (unpaired) electrons. The Morgan fingerprint density at radius 2 is 1.87 bits per heavy atom. The fourth-order valence-corrected chi connectivity index (χ4v) is 4.54. The van der Waals surface area contributed by atoms with Crippen molar-refractivity contribution in [3.8, 4) is 11.1 Å². The second-order valence-corrected chi connectivity index (χ2v) is 8.53. The molecule has 30 heavy (non-hydrogen) atoms. The Bertz CT molecular complexity index is 1230. The van der Waals surface area contributed by atoms with E-state index in [1.807, 2.05) is 25.4 Å². The third-order valence-corrected chi connectivity index (χ3v) is 6.14. The number of rotatable bonds is 3. The summed E-state index contributed by atoms with van der Waals surface area (Å²) in [4.78, 5) is 17.0. The SMILES string of the molecule is Cc1nc2c(F)cc(-c3c[nH]c4ncc(N5CCN(C)CC5)cc34)cc2n1C(C)C. The number of anilines is 1. The first-order valence-corrected chi connectivity index (χ1v) is 10.5. The van der Waals surface area contributed by atoms with Crippen LogP contribution in [0.25, 0.3) is 33.2 Å². The molecule has 0 amide bonds. The van der Waals surface area contributed by atoms with E-state index in [-0.39, 0.29) is 11.9 Å². The van der Waals surface area contributed by atoms with Gasteiger partial charge in [0.05, 0.1) is 17.4 Å². The molecule has 1 aliphatic heterocycles. The second-order valence-electron chi connectivity index (χ2n) is 8.53. The van der Waals surface area contributed by atoms with Gasteiger partial charge in [-0.05, 0) is 51.6 Å². The minimum Gasteiger partial charge on any atom is -0.368 e. The van der Waals surface area contributed by atoms with Gasteiger partial charge in [0, 0.05) is 49.4 Å². The number of likely N-dealkylation sites (N-methyl/N-ethyl adjacent to an activating group) is 1. The monoisotopic (exact) mass is 406 g/mol. The number of nitrogens with zero attached hydrogens (tertiary/aromatic N) is 5. The molecule has 0 unspecified atom stereocenters. The van der Waals surface area contributed by atoms with E-state index in [4.69, 9.17) is 0 Å². The Kier molecular flexibility index (Phi) is 4.50. The number of halogens is 1. The highest BCUT2D eigenvalue weighted by Crippen LogP contribution is 2.34. The maximum Gasteiger partial charge on any atom is 0.151 e. The van der Waals surface area contributed by atoms with Crippen molar-refractivity contribution in [2.24, 2.45) is 0 Å². The van der Waals surface area contributed by atoms with E-state index in [9.17, 15) is 4.39 Å². The predicted molar refractivity (Wildman–Crippen MR) is 120 cm³/mol. The van der Waals surface area contributed by atoms with E-state index >= 15 is 0 Å². The van der Waals surface area contributed by atoms with Gasteiger partial charge in [-0.25, -0.2) is 14.4 Å². The molecular weight excluding hydrogens is 379 g/mol. The average Bonchev–Trinajstić information content (AvgIpc) is 3.28. The lowest BCUT2D eigenvalue weighted by Crippen LogP contribution is -2.44. The van der Waals surface area contributed by atoms with Crippen molar-refractivity contribution < 1.29 is 4.39 Å². The Morgan fingerprint density at radius 1 is 1.10 bits per heavy atom. The summed E-state index contributed by atoms with van der Waals surface area (Å²) < 4.78 is 17.1. The highest BCUT2D eigenvalue weighted by molar-refractivity contribution is 5.97. The van der Waals surface area contributed by atoms with Crippen LogP contribution >= 0.6 is 0 Å². The topological polar surface area (TPSA) is 53.0 Å². The van der Waals surface area contributed by atoms with Crippen LogP contribution < -0.4 is 4.90 Å². The average molecular weight is 407 g/mol.